The normalized spacial score (nSPS) is 12.6. The third-order valence-corrected chi connectivity index (χ3v) is 2.28. The summed E-state index contributed by atoms with van der Waals surface area (Å²) in [6.45, 7) is 2.07. The maximum atomic E-state index is 5.96. The van der Waals surface area contributed by atoms with Gasteiger partial charge in [-0.25, -0.2) is 4.98 Å². The van der Waals surface area contributed by atoms with Gasteiger partial charge in [-0.3, -0.25) is 0 Å². The van der Waals surface area contributed by atoms with Gasteiger partial charge in [-0.1, -0.05) is 34.5 Å². The lowest BCUT2D eigenvalue weighted by Crippen LogP contribution is -1.99. The van der Waals surface area contributed by atoms with E-state index in [0.717, 1.165) is 12.0 Å². The van der Waals surface area contributed by atoms with Gasteiger partial charge in [0.15, 0.2) is 0 Å². The minimum absolute atomic E-state index is 0.400. The summed E-state index contributed by atoms with van der Waals surface area (Å²) in [5.74, 6) is 0.604. The van der Waals surface area contributed by atoms with Gasteiger partial charge in [0, 0.05) is 17.1 Å². The van der Waals surface area contributed by atoms with Crippen molar-refractivity contribution in [1.82, 2.24) is 4.98 Å². The van der Waals surface area contributed by atoms with Crippen LogP contribution in [0.5, 0.6) is 5.88 Å². The number of aromatic nitrogens is 1. The Balaban J connectivity index is 2.90. The summed E-state index contributed by atoms with van der Waals surface area (Å²) < 4.78 is 5.01. The average Bonchev–Trinajstić information content (AvgIpc) is 2.08. The Morgan fingerprint density at radius 2 is 2.38 bits per heavy atom. The van der Waals surface area contributed by atoms with Crippen molar-refractivity contribution in [1.29, 1.82) is 0 Å². The van der Waals surface area contributed by atoms with Crippen molar-refractivity contribution in [3.8, 4) is 5.88 Å². The first-order chi connectivity index (χ1) is 6.13. The van der Waals surface area contributed by atoms with E-state index in [1.807, 2.05) is 6.07 Å². The van der Waals surface area contributed by atoms with E-state index < -0.39 is 0 Å². The predicted molar refractivity (Wildman–Crippen MR) is 57.9 cm³/mol. The molecule has 2 nitrogen and oxygen atoms in total. The van der Waals surface area contributed by atoms with Gasteiger partial charge in [0.05, 0.1) is 12.1 Å². The number of hydrogen-bond acceptors (Lipinski definition) is 2. The quantitative estimate of drug-likeness (QED) is 0.783. The maximum absolute atomic E-state index is 5.96. The van der Waals surface area contributed by atoms with Crippen LogP contribution in [-0.4, -0.2) is 16.9 Å². The van der Waals surface area contributed by atoms with Crippen LogP contribution in [0.2, 0.25) is 5.02 Å². The minimum Gasteiger partial charge on any atom is -0.481 e. The number of ether oxygens (including phenoxy) is 1. The number of hydrogen-bond donors (Lipinski definition) is 0. The zero-order valence-corrected chi connectivity index (χ0v) is 9.89. The number of nitrogens with zero attached hydrogens (tertiary/aromatic N) is 1. The van der Waals surface area contributed by atoms with Crippen molar-refractivity contribution in [2.24, 2.45) is 0 Å². The Labute approximate surface area is 91.4 Å². The molecule has 0 amide bonds. The van der Waals surface area contributed by atoms with E-state index in [9.17, 15) is 0 Å². The fraction of sp³-hybridized carbons (Fsp3) is 0.444. The molecule has 13 heavy (non-hydrogen) atoms. The number of rotatable bonds is 3. The molecule has 0 aliphatic rings. The highest BCUT2D eigenvalue weighted by atomic mass is 79.9. The molecule has 72 valence electrons. The molecule has 0 saturated heterocycles. The van der Waals surface area contributed by atoms with Crippen LogP contribution in [0.1, 0.15) is 12.5 Å². The molecule has 1 aromatic rings. The second-order valence-corrected chi connectivity index (χ2v) is 4.77. The van der Waals surface area contributed by atoms with Crippen LogP contribution in [0.3, 0.4) is 0 Å². The maximum Gasteiger partial charge on any atom is 0.213 e. The Kier molecular flexibility index (Phi) is 4.00. The van der Waals surface area contributed by atoms with Gasteiger partial charge in [0.25, 0.3) is 0 Å². The molecule has 0 radical (unpaired) electrons. The number of alkyl halides is 1. The monoisotopic (exact) mass is 263 g/mol. The van der Waals surface area contributed by atoms with Crippen molar-refractivity contribution in [2.75, 3.05) is 7.11 Å². The predicted octanol–water partition coefficient (Wildman–Crippen LogP) is 3.07. The Morgan fingerprint density at radius 3 is 2.92 bits per heavy atom. The molecule has 1 unspecified atom stereocenters. The highest BCUT2D eigenvalue weighted by Crippen LogP contribution is 2.22. The summed E-state index contributed by atoms with van der Waals surface area (Å²) in [5, 5.41) is 0.687. The highest BCUT2D eigenvalue weighted by Gasteiger charge is 2.06. The molecule has 1 rings (SSSR count). The zero-order chi connectivity index (χ0) is 9.84. The molecule has 0 bridgehead atoms. The van der Waals surface area contributed by atoms with E-state index in [2.05, 4.69) is 27.8 Å². The standard InChI is InChI=1S/C9H11BrClNO/c1-6(10)3-7-4-9(13-2)12-5-8(7)11/h4-6H,3H2,1-2H3. The second kappa shape index (κ2) is 4.82. The van der Waals surface area contributed by atoms with Gasteiger partial charge in [0.2, 0.25) is 5.88 Å². The van der Waals surface area contributed by atoms with E-state index in [1.165, 1.54) is 0 Å². The Morgan fingerprint density at radius 1 is 1.69 bits per heavy atom. The summed E-state index contributed by atoms with van der Waals surface area (Å²) >= 11 is 9.43. The van der Waals surface area contributed by atoms with Gasteiger partial charge in [0.1, 0.15) is 0 Å². The molecular weight excluding hydrogens is 253 g/mol. The largest absolute Gasteiger partial charge is 0.481 e. The molecule has 0 saturated carbocycles. The SMILES string of the molecule is COc1cc(CC(C)Br)c(Cl)cn1. The van der Waals surface area contributed by atoms with Crippen LogP contribution in [0, 0.1) is 0 Å². The molecule has 0 aliphatic carbocycles. The van der Waals surface area contributed by atoms with Crippen molar-refractivity contribution in [3.63, 3.8) is 0 Å². The lowest BCUT2D eigenvalue weighted by molar-refractivity contribution is 0.397. The first-order valence-electron chi connectivity index (χ1n) is 3.96. The summed E-state index contributed by atoms with van der Waals surface area (Å²) in [4.78, 5) is 4.40. The molecule has 0 aromatic carbocycles. The summed E-state index contributed by atoms with van der Waals surface area (Å²) in [7, 11) is 1.59. The van der Waals surface area contributed by atoms with Crippen molar-refractivity contribution in [2.45, 2.75) is 18.2 Å². The van der Waals surface area contributed by atoms with Crippen LogP contribution < -0.4 is 4.74 Å². The van der Waals surface area contributed by atoms with E-state index in [1.54, 1.807) is 13.3 Å². The van der Waals surface area contributed by atoms with E-state index in [4.69, 9.17) is 16.3 Å². The van der Waals surface area contributed by atoms with Gasteiger partial charge >= 0.3 is 0 Å². The first-order valence-corrected chi connectivity index (χ1v) is 5.25. The van der Waals surface area contributed by atoms with Crippen molar-refractivity contribution < 1.29 is 4.74 Å². The van der Waals surface area contributed by atoms with E-state index in [0.29, 0.717) is 15.7 Å². The first kappa shape index (κ1) is 10.8. The van der Waals surface area contributed by atoms with Gasteiger partial charge in [-0.05, 0) is 12.0 Å². The van der Waals surface area contributed by atoms with Crippen LogP contribution in [0.25, 0.3) is 0 Å². The van der Waals surface area contributed by atoms with Crippen molar-refractivity contribution >= 4 is 27.5 Å². The topological polar surface area (TPSA) is 22.1 Å². The van der Waals surface area contributed by atoms with Crippen LogP contribution in [-0.2, 0) is 6.42 Å². The number of pyridine rings is 1. The van der Waals surface area contributed by atoms with Gasteiger partial charge in [-0.15, -0.1) is 0 Å². The molecule has 4 heteroatoms. The third kappa shape index (κ3) is 3.16. The summed E-state index contributed by atoms with van der Waals surface area (Å²) in [6.07, 6.45) is 2.49. The van der Waals surface area contributed by atoms with Gasteiger partial charge < -0.3 is 4.74 Å². The zero-order valence-electron chi connectivity index (χ0n) is 7.55. The Hall–Kier alpha value is -0.280. The fourth-order valence-corrected chi connectivity index (χ4v) is 1.56. The lowest BCUT2D eigenvalue weighted by Gasteiger charge is -2.07. The molecular formula is C9H11BrClNO. The summed E-state index contributed by atoms with van der Waals surface area (Å²) in [6, 6.07) is 1.86. The lowest BCUT2D eigenvalue weighted by atomic mass is 10.1. The smallest absolute Gasteiger partial charge is 0.213 e. The van der Waals surface area contributed by atoms with Gasteiger partial charge in [-0.2, -0.15) is 0 Å². The second-order valence-electron chi connectivity index (χ2n) is 2.80. The van der Waals surface area contributed by atoms with Crippen LogP contribution in [0.4, 0.5) is 0 Å². The molecule has 1 aromatic heterocycles. The molecule has 0 N–H and O–H groups in total. The van der Waals surface area contributed by atoms with Crippen LogP contribution in [0.15, 0.2) is 12.3 Å². The van der Waals surface area contributed by atoms with Crippen molar-refractivity contribution in [3.05, 3.63) is 22.8 Å². The van der Waals surface area contributed by atoms with E-state index in [-0.39, 0.29) is 0 Å². The molecule has 1 heterocycles. The number of halogens is 2. The molecule has 0 aliphatic heterocycles. The highest BCUT2D eigenvalue weighted by molar-refractivity contribution is 9.09. The Bertz CT molecular complexity index is 291. The number of methoxy groups -OCH3 is 1. The summed E-state index contributed by atoms with van der Waals surface area (Å²) in [5.41, 5.74) is 1.05. The van der Waals surface area contributed by atoms with Crippen LogP contribution >= 0.6 is 27.5 Å². The third-order valence-electron chi connectivity index (χ3n) is 1.62. The fourth-order valence-electron chi connectivity index (χ4n) is 1.03. The average molecular weight is 265 g/mol. The minimum atomic E-state index is 0.400. The molecule has 1 atom stereocenters. The molecule has 0 fully saturated rings. The van der Waals surface area contributed by atoms with E-state index >= 15 is 0 Å². The molecule has 0 spiro atoms.